The van der Waals surface area contributed by atoms with Gasteiger partial charge in [0.2, 0.25) is 0 Å². The van der Waals surface area contributed by atoms with Crippen molar-refractivity contribution in [1.29, 1.82) is 0 Å². The van der Waals surface area contributed by atoms with E-state index in [4.69, 9.17) is 0 Å². The van der Waals surface area contributed by atoms with E-state index in [1.807, 2.05) is 13.1 Å². The average Bonchev–Trinajstić information content (AvgIpc) is 2.15. The Hall–Kier alpha value is -1.38. The molecule has 9 heteroatoms. The molecule has 0 aliphatic heterocycles. The van der Waals surface area contributed by atoms with Crippen molar-refractivity contribution >= 4 is 14.0 Å². The molecular formula is C10H10F6O2Si. The number of alkyl halides is 6. The third-order valence-corrected chi connectivity index (χ3v) is 3.78. The van der Waals surface area contributed by atoms with Gasteiger partial charge in [0.1, 0.15) is 0 Å². The summed E-state index contributed by atoms with van der Waals surface area (Å²) in [6.07, 6.45) is -10.2. The second-order valence-corrected chi connectivity index (χ2v) is 6.93. The Balaban J connectivity index is 3.15. The molecular weight excluding hydrogens is 294 g/mol. The minimum absolute atomic E-state index is 0.536. The second-order valence-electron chi connectivity index (χ2n) is 3.96. The summed E-state index contributed by atoms with van der Waals surface area (Å²) in [4.78, 5) is 0. The largest absolute Gasteiger partial charge is 0.573 e. The maximum Gasteiger partial charge on any atom is 0.573 e. The Kier molecular flexibility index (Phi) is 4.38. The monoisotopic (exact) mass is 304 g/mol. The zero-order valence-corrected chi connectivity index (χ0v) is 11.0. The lowest BCUT2D eigenvalue weighted by atomic mass is 10.3. The van der Waals surface area contributed by atoms with Crippen LogP contribution < -0.4 is 14.7 Å². The van der Waals surface area contributed by atoms with E-state index in [9.17, 15) is 26.3 Å². The van der Waals surface area contributed by atoms with Crippen LogP contribution in [0.3, 0.4) is 0 Å². The van der Waals surface area contributed by atoms with Crippen LogP contribution in [0, 0.1) is 0 Å². The Morgan fingerprint density at radius 1 is 0.842 bits per heavy atom. The molecule has 1 aromatic rings. The van der Waals surface area contributed by atoms with Gasteiger partial charge < -0.3 is 9.47 Å². The molecule has 0 aliphatic carbocycles. The van der Waals surface area contributed by atoms with Gasteiger partial charge in [-0.1, -0.05) is 24.3 Å². The molecule has 0 N–H and O–H groups in total. The highest BCUT2D eigenvalue weighted by Gasteiger charge is 2.36. The van der Waals surface area contributed by atoms with E-state index < -0.39 is 33.0 Å². The quantitative estimate of drug-likeness (QED) is 0.631. The zero-order valence-electron chi connectivity index (χ0n) is 9.89. The number of ether oxygens (including phenoxy) is 2. The van der Waals surface area contributed by atoms with Crippen molar-refractivity contribution in [3.05, 3.63) is 18.2 Å². The first kappa shape index (κ1) is 15.7. The number of hydrogen-bond acceptors (Lipinski definition) is 2. The first-order valence-electron chi connectivity index (χ1n) is 5.13. The average molecular weight is 304 g/mol. The predicted octanol–water partition coefficient (Wildman–Crippen LogP) is 3.18. The van der Waals surface area contributed by atoms with Crippen LogP contribution in [0.2, 0.25) is 13.1 Å². The van der Waals surface area contributed by atoms with Crippen molar-refractivity contribution in [3.8, 4) is 11.5 Å². The molecule has 0 atom stereocenters. The second kappa shape index (κ2) is 5.31. The topological polar surface area (TPSA) is 18.5 Å². The highest BCUT2D eigenvalue weighted by Crippen LogP contribution is 2.34. The SMILES string of the molecule is C[SiH](C)c1ccc(OC(F)(F)F)c(OC(F)(F)F)c1. The highest BCUT2D eigenvalue weighted by atomic mass is 28.3. The van der Waals surface area contributed by atoms with Crippen LogP contribution in [-0.2, 0) is 0 Å². The molecule has 0 bridgehead atoms. The number of hydrogen-bond donors (Lipinski definition) is 0. The van der Waals surface area contributed by atoms with Gasteiger partial charge in [-0.2, -0.15) is 0 Å². The van der Waals surface area contributed by atoms with Crippen molar-refractivity contribution in [2.45, 2.75) is 25.8 Å². The molecule has 1 rings (SSSR count). The van der Waals surface area contributed by atoms with Crippen molar-refractivity contribution < 1.29 is 35.8 Å². The first-order valence-corrected chi connectivity index (χ1v) is 8.02. The number of halogens is 6. The van der Waals surface area contributed by atoms with E-state index in [1.54, 1.807) is 0 Å². The standard InChI is InChI=1S/C10H10F6O2Si/c1-19(2)6-3-4-7(17-9(11,12)13)8(5-6)18-10(14,15)16/h3-5,19H,1-2H3. The van der Waals surface area contributed by atoms with E-state index in [1.165, 1.54) is 6.07 Å². The zero-order chi connectivity index (χ0) is 14.8. The molecule has 108 valence electrons. The van der Waals surface area contributed by atoms with Crippen LogP contribution in [0.15, 0.2) is 18.2 Å². The Morgan fingerprint density at radius 3 is 1.74 bits per heavy atom. The lowest BCUT2D eigenvalue weighted by molar-refractivity contribution is -0.287. The van der Waals surface area contributed by atoms with E-state index in [0.717, 1.165) is 12.1 Å². The summed E-state index contributed by atoms with van der Waals surface area (Å²) in [6, 6.07) is 3.07. The summed E-state index contributed by atoms with van der Waals surface area (Å²) in [6.45, 7) is 3.63. The molecule has 0 heterocycles. The molecule has 0 saturated carbocycles. The lowest BCUT2D eigenvalue weighted by Gasteiger charge is -2.17. The molecule has 0 radical (unpaired) electrons. The smallest absolute Gasteiger partial charge is 0.402 e. The fourth-order valence-corrected chi connectivity index (χ4v) is 2.26. The summed E-state index contributed by atoms with van der Waals surface area (Å²) in [5, 5.41) is 0.536. The molecule has 0 unspecified atom stereocenters. The van der Waals surface area contributed by atoms with Gasteiger partial charge in [-0.05, 0) is 12.1 Å². The molecule has 1 aromatic carbocycles. The molecule has 0 saturated heterocycles. The maximum atomic E-state index is 12.1. The van der Waals surface area contributed by atoms with Crippen molar-refractivity contribution in [1.82, 2.24) is 0 Å². The molecule has 0 aromatic heterocycles. The van der Waals surface area contributed by atoms with Crippen molar-refractivity contribution in [2.24, 2.45) is 0 Å². The number of benzene rings is 1. The Bertz CT molecular complexity index is 441. The van der Waals surface area contributed by atoms with Gasteiger partial charge in [0.05, 0.1) is 8.80 Å². The molecule has 0 aliphatic rings. The molecule has 2 nitrogen and oxygen atoms in total. The lowest BCUT2D eigenvalue weighted by Crippen LogP contribution is -2.26. The van der Waals surface area contributed by atoms with Gasteiger partial charge in [-0.25, -0.2) is 0 Å². The Labute approximate surface area is 106 Å². The minimum atomic E-state index is -5.08. The summed E-state index contributed by atoms with van der Waals surface area (Å²) in [5.74, 6) is -1.99. The summed E-state index contributed by atoms with van der Waals surface area (Å²) in [5.41, 5.74) is 0. The van der Waals surface area contributed by atoms with Crippen LogP contribution in [-0.4, -0.2) is 21.5 Å². The van der Waals surface area contributed by atoms with E-state index in [2.05, 4.69) is 9.47 Å². The fourth-order valence-electron chi connectivity index (χ4n) is 1.30. The predicted molar refractivity (Wildman–Crippen MR) is 58.3 cm³/mol. The van der Waals surface area contributed by atoms with Crippen LogP contribution in [0.4, 0.5) is 26.3 Å². The molecule has 0 spiro atoms. The third kappa shape index (κ3) is 5.41. The fraction of sp³-hybridized carbons (Fsp3) is 0.400. The highest BCUT2D eigenvalue weighted by molar-refractivity contribution is 6.70. The van der Waals surface area contributed by atoms with Crippen molar-refractivity contribution in [2.75, 3.05) is 0 Å². The third-order valence-electron chi connectivity index (χ3n) is 2.09. The summed E-state index contributed by atoms with van der Waals surface area (Å²) >= 11 is 0. The van der Waals surface area contributed by atoms with Crippen LogP contribution >= 0.6 is 0 Å². The van der Waals surface area contributed by atoms with Crippen LogP contribution in [0.1, 0.15) is 0 Å². The first-order chi connectivity index (χ1) is 8.48. The molecule has 0 amide bonds. The van der Waals surface area contributed by atoms with Gasteiger partial charge in [0, 0.05) is 0 Å². The van der Waals surface area contributed by atoms with Gasteiger partial charge in [-0.3, -0.25) is 0 Å². The maximum absolute atomic E-state index is 12.1. The van der Waals surface area contributed by atoms with Crippen LogP contribution in [0.25, 0.3) is 0 Å². The van der Waals surface area contributed by atoms with Gasteiger partial charge in [0.25, 0.3) is 0 Å². The van der Waals surface area contributed by atoms with Gasteiger partial charge in [-0.15, -0.1) is 26.3 Å². The number of rotatable bonds is 3. The summed E-state index contributed by atoms with van der Waals surface area (Å²) < 4.78 is 79.7. The molecule has 19 heavy (non-hydrogen) atoms. The van der Waals surface area contributed by atoms with Gasteiger partial charge >= 0.3 is 12.7 Å². The van der Waals surface area contributed by atoms with E-state index >= 15 is 0 Å². The molecule has 0 fully saturated rings. The van der Waals surface area contributed by atoms with E-state index in [0.29, 0.717) is 5.19 Å². The van der Waals surface area contributed by atoms with Crippen molar-refractivity contribution in [3.63, 3.8) is 0 Å². The minimum Gasteiger partial charge on any atom is -0.402 e. The van der Waals surface area contributed by atoms with E-state index in [-0.39, 0.29) is 0 Å². The summed E-state index contributed by atoms with van der Waals surface area (Å²) in [7, 11) is -1.48. The normalized spacial score (nSPS) is 12.7. The van der Waals surface area contributed by atoms with Gasteiger partial charge in [0.15, 0.2) is 11.5 Å². The Morgan fingerprint density at radius 2 is 1.32 bits per heavy atom. The van der Waals surface area contributed by atoms with Crippen LogP contribution in [0.5, 0.6) is 11.5 Å².